The van der Waals surface area contributed by atoms with Gasteiger partial charge < -0.3 is 14.2 Å². The lowest BCUT2D eigenvalue weighted by atomic mass is 9.73. The van der Waals surface area contributed by atoms with Crippen LogP contribution in [-0.2, 0) is 20.7 Å². The highest BCUT2D eigenvalue weighted by atomic mass is 16.5. The second-order valence-corrected chi connectivity index (χ2v) is 8.30. The molecule has 32 heavy (non-hydrogen) atoms. The first-order valence-electron chi connectivity index (χ1n) is 11.4. The number of allylic oxidation sites excluding steroid dienone is 5. The van der Waals surface area contributed by atoms with E-state index in [4.69, 9.17) is 14.2 Å². The van der Waals surface area contributed by atoms with Crippen molar-refractivity contribution in [3.63, 3.8) is 0 Å². The summed E-state index contributed by atoms with van der Waals surface area (Å²) in [5.74, 6) is 2.42. The molecular weight excluding hydrogens is 404 g/mol. The number of rotatable bonds is 8. The molecule has 5 heteroatoms. The molecule has 1 heterocycles. The molecule has 0 fully saturated rings. The Balaban J connectivity index is 1.92. The Hall–Kier alpha value is -3.08. The van der Waals surface area contributed by atoms with Gasteiger partial charge in [-0.3, -0.25) is 9.59 Å². The van der Waals surface area contributed by atoms with E-state index in [1.54, 1.807) is 6.08 Å². The summed E-state index contributed by atoms with van der Waals surface area (Å²) in [7, 11) is 0. The second kappa shape index (κ2) is 9.60. The monoisotopic (exact) mass is 434 g/mol. The largest absolute Gasteiger partial charge is 0.490 e. The van der Waals surface area contributed by atoms with Crippen LogP contribution in [-0.4, -0.2) is 24.8 Å². The Kier molecular flexibility index (Phi) is 6.63. The molecule has 0 atom stereocenters. The fourth-order valence-electron chi connectivity index (χ4n) is 4.88. The molecule has 1 aromatic carbocycles. The summed E-state index contributed by atoms with van der Waals surface area (Å²) in [6.45, 7) is 10.4. The van der Waals surface area contributed by atoms with Gasteiger partial charge in [-0.15, -0.1) is 6.58 Å². The minimum absolute atomic E-state index is 0.0661. The Labute approximate surface area is 189 Å². The van der Waals surface area contributed by atoms with Crippen LogP contribution in [0.5, 0.6) is 11.5 Å². The Bertz CT molecular complexity index is 985. The fourth-order valence-corrected chi connectivity index (χ4v) is 4.88. The minimum Gasteiger partial charge on any atom is -0.490 e. The number of Topliss-reactive ketones (excluding diaryl/α,β-unsaturated/α-hetero) is 2. The molecule has 5 nitrogen and oxygen atoms in total. The van der Waals surface area contributed by atoms with Crippen LogP contribution >= 0.6 is 0 Å². The first-order chi connectivity index (χ1) is 15.6. The van der Waals surface area contributed by atoms with E-state index in [2.05, 4.69) is 13.2 Å². The molecule has 4 rings (SSSR count). The van der Waals surface area contributed by atoms with Crippen molar-refractivity contribution in [2.45, 2.75) is 57.8 Å². The molecule has 0 unspecified atom stereocenters. The molecule has 0 N–H and O–H groups in total. The molecule has 0 aromatic heterocycles. The lowest BCUT2D eigenvalue weighted by Crippen LogP contribution is -2.30. The van der Waals surface area contributed by atoms with Crippen molar-refractivity contribution in [2.75, 3.05) is 13.2 Å². The zero-order chi connectivity index (χ0) is 22.7. The van der Waals surface area contributed by atoms with Crippen LogP contribution in [0.4, 0.5) is 0 Å². The van der Waals surface area contributed by atoms with Crippen molar-refractivity contribution in [3.05, 3.63) is 71.2 Å². The zero-order valence-corrected chi connectivity index (χ0v) is 18.7. The molecule has 0 radical (unpaired) electrons. The first-order valence-corrected chi connectivity index (χ1v) is 11.4. The highest BCUT2D eigenvalue weighted by Gasteiger charge is 2.42. The number of carbonyl (C=O) groups excluding carboxylic acids is 2. The maximum absolute atomic E-state index is 13.1. The van der Waals surface area contributed by atoms with Crippen molar-refractivity contribution < 1.29 is 23.8 Å². The van der Waals surface area contributed by atoms with Gasteiger partial charge in [0.15, 0.2) is 23.1 Å². The predicted molar refractivity (Wildman–Crippen MR) is 123 cm³/mol. The van der Waals surface area contributed by atoms with Crippen LogP contribution < -0.4 is 9.47 Å². The maximum Gasteiger partial charge on any atom is 0.165 e. The normalized spacial score (nSPS) is 18.7. The SMILES string of the molecule is C=CCOc1c(CC=C)cc(C2C3=C(CCCC3=O)OC3=C2C(=O)CCC3)cc1OCC. The topological polar surface area (TPSA) is 61.8 Å². The average molecular weight is 435 g/mol. The van der Waals surface area contributed by atoms with Crippen LogP contribution in [0.3, 0.4) is 0 Å². The quantitative estimate of drug-likeness (QED) is 0.505. The summed E-state index contributed by atoms with van der Waals surface area (Å²) >= 11 is 0. The lowest BCUT2D eigenvalue weighted by Gasteiger charge is -2.36. The molecule has 2 aliphatic carbocycles. The van der Waals surface area contributed by atoms with Crippen molar-refractivity contribution in [3.8, 4) is 11.5 Å². The van der Waals surface area contributed by atoms with Gasteiger partial charge in [0.1, 0.15) is 18.1 Å². The third-order valence-electron chi connectivity index (χ3n) is 6.14. The van der Waals surface area contributed by atoms with Gasteiger partial charge in [-0.2, -0.15) is 0 Å². The number of benzene rings is 1. The summed E-state index contributed by atoms with van der Waals surface area (Å²) in [6, 6.07) is 3.95. The van der Waals surface area contributed by atoms with E-state index in [-0.39, 0.29) is 11.6 Å². The molecular formula is C27H30O5. The molecule has 0 amide bonds. The predicted octanol–water partition coefficient (Wildman–Crippen LogP) is 5.51. The van der Waals surface area contributed by atoms with E-state index < -0.39 is 5.92 Å². The number of carbonyl (C=O) groups is 2. The molecule has 0 saturated heterocycles. The number of ether oxygens (including phenoxy) is 3. The van der Waals surface area contributed by atoms with Gasteiger partial charge >= 0.3 is 0 Å². The maximum atomic E-state index is 13.1. The van der Waals surface area contributed by atoms with E-state index in [1.165, 1.54) is 0 Å². The summed E-state index contributed by atoms with van der Waals surface area (Å²) in [5, 5.41) is 0. The third-order valence-corrected chi connectivity index (χ3v) is 6.14. The summed E-state index contributed by atoms with van der Waals surface area (Å²) < 4.78 is 18.1. The highest BCUT2D eigenvalue weighted by molar-refractivity contribution is 6.05. The van der Waals surface area contributed by atoms with Crippen LogP contribution in [0.25, 0.3) is 0 Å². The van der Waals surface area contributed by atoms with Crippen LogP contribution in [0.15, 0.2) is 60.1 Å². The first kappa shape index (κ1) is 22.1. The highest BCUT2D eigenvalue weighted by Crippen LogP contribution is 2.49. The molecule has 1 aromatic rings. The molecule has 0 bridgehead atoms. The number of ketones is 2. The van der Waals surface area contributed by atoms with E-state index >= 15 is 0 Å². The van der Waals surface area contributed by atoms with Gasteiger partial charge in [0.2, 0.25) is 0 Å². The van der Waals surface area contributed by atoms with Crippen molar-refractivity contribution in [1.82, 2.24) is 0 Å². The fraction of sp³-hybridized carbons (Fsp3) is 0.407. The van der Waals surface area contributed by atoms with Crippen LogP contribution in [0.1, 0.15) is 62.5 Å². The Morgan fingerprint density at radius 3 is 2.19 bits per heavy atom. The van der Waals surface area contributed by atoms with E-state index in [0.717, 1.165) is 48.3 Å². The van der Waals surface area contributed by atoms with Crippen molar-refractivity contribution in [1.29, 1.82) is 0 Å². The van der Waals surface area contributed by atoms with E-state index in [1.807, 2.05) is 25.1 Å². The van der Waals surface area contributed by atoms with Gasteiger partial charge in [-0.05, 0) is 37.8 Å². The molecule has 0 saturated carbocycles. The zero-order valence-electron chi connectivity index (χ0n) is 18.7. The van der Waals surface area contributed by atoms with E-state index in [0.29, 0.717) is 55.1 Å². The number of hydrogen-bond acceptors (Lipinski definition) is 5. The van der Waals surface area contributed by atoms with Gasteiger partial charge in [-0.1, -0.05) is 24.8 Å². The van der Waals surface area contributed by atoms with Gasteiger partial charge in [0.05, 0.1) is 6.61 Å². The molecule has 168 valence electrons. The minimum atomic E-state index is -0.425. The standard InChI is InChI=1S/C27H30O5/c1-4-9-17-15-18(16-23(30-6-3)27(17)31-14-5-2)24-25-19(28)10-7-12-21(25)32-22-13-8-11-20(29)26(22)24/h4-5,15-16,24H,1-2,6-14H2,3H3. The molecule has 0 spiro atoms. The Morgan fingerprint density at radius 1 is 0.969 bits per heavy atom. The summed E-state index contributed by atoms with van der Waals surface area (Å²) in [6.07, 6.45) is 8.04. The second-order valence-electron chi connectivity index (χ2n) is 8.30. The van der Waals surface area contributed by atoms with Crippen LogP contribution in [0, 0.1) is 0 Å². The van der Waals surface area contributed by atoms with Crippen LogP contribution in [0.2, 0.25) is 0 Å². The molecule has 3 aliphatic rings. The summed E-state index contributed by atoms with van der Waals surface area (Å²) in [5.41, 5.74) is 3.05. The van der Waals surface area contributed by atoms with Gasteiger partial charge in [-0.25, -0.2) is 0 Å². The third kappa shape index (κ3) is 4.04. The van der Waals surface area contributed by atoms with Gasteiger partial charge in [0.25, 0.3) is 0 Å². The number of hydrogen-bond donors (Lipinski definition) is 0. The summed E-state index contributed by atoms with van der Waals surface area (Å²) in [4.78, 5) is 26.1. The average Bonchev–Trinajstić information content (AvgIpc) is 2.78. The van der Waals surface area contributed by atoms with Crippen molar-refractivity contribution >= 4 is 11.6 Å². The van der Waals surface area contributed by atoms with E-state index in [9.17, 15) is 9.59 Å². The smallest absolute Gasteiger partial charge is 0.165 e. The lowest BCUT2D eigenvalue weighted by molar-refractivity contribution is -0.117. The molecule has 1 aliphatic heterocycles. The van der Waals surface area contributed by atoms with Gasteiger partial charge in [0, 0.05) is 48.3 Å². The van der Waals surface area contributed by atoms with Crippen molar-refractivity contribution in [2.24, 2.45) is 0 Å². The Morgan fingerprint density at radius 2 is 1.62 bits per heavy atom.